The third-order valence-corrected chi connectivity index (χ3v) is 2.72. The SMILES string of the molecule is Cc1cc(Cl)c(-c2ccc(=O)[nH]n2)c(Cl)c1. The summed E-state index contributed by atoms with van der Waals surface area (Å²) >= 11 is 12.2. The number of nitrogens with zero attached hydrogens (tertiary/aromatic N) is 1. The Balaban J connectivity index is 2.64. The van der Waals surface area contributed by atoms with Crippen molar-refractivity contribution in [1.29, 1.82) is 0 Å². The fourth-order valence-electron chi connectivity index (χ4n) is 1.43. The number of aryl methyl sites for hydroxylation is 1. The zero-order valence-corrected chi connectivity index (χ0v) is 9.93. The van der Waals surface area contributed by atoms with Crippen LogP contribution in [-0.4, -0.2) is 10.2 Å². The van der Waals surface area contributed by atoms with Crippen LogP contribution >= 0.6 is 23.2 Å². The Morgan fingerprint density at radius 1 is 1.19 bits per heavy atom. The highest BCUT2D eigenvalue weighted by Gasteiger charge is 2.10. The van der Waals surface area contributed by atoms with E-state index >= 15 is 0 Å². The third kappa shape index (κ3) is 2.10. The van der Waals surface area contributed by atoms with E-state index < -0.39 is 0 Å². The zero-order valence-electron chi connectivity index (χ0n) is 8.42. The van der Waals surface area contributed by atoms with Gasteiger partial charge >= 0.3 is 0 Å². The fourth-order valence-corrected chi connectivity index (χ4v) is 2.22. The first-order valence-corrected chi connectivity index (χ1v) is 5.35. The molecular weight excluding hydrogens is 247 g/mol. The Morgan fingerprint density at radius 3 is 2.31 bits per heavy atom. The molecule has 0 bridgehead atoms. The molecule has 2 aromatic rings. The van der Waals surface area contributed by atoms with E-state index in [2.05, 4.69) is 10.2 Å². The van der Waals surface area contributed by atoms with Crippen LogP contribution in [0, 0.1) is 6.92 Å². The summed E-state index contributed by atoms with van der Waals surface area (Å²) in [5.74, 6) is 0. The van der Waals surface area contributed by atoms with Crippen LogP contribution in [0.4, 0.5) is 0 Å². The largest absolute Gasteiger partial charge is 0.268 e. The Kier molecular flexibility index (Phi) is 2.99. The van der Waals surface area contributed by atoms with Gasteiger partial charge in [0, 0.05) is 11.6 Å². The molecule has 1 aromatic carbocycles. The lowest BCUT2D eigenvalue weighted by Crippen LogP contribution is -2.05. The lowest BCUT2D eigenvalue weighted by atomic mass is 10.1. The summed E-state index contributed by atoms with van der Waals surface area (Å²) in [7, 11) is 0. The molecule has 0 saturated carbocycles. The molecule has 0 radical (unpaired) electrons. The van der Waals surface area contributed by atoms with Crippen LogP contribution in [0.2, 0.25) is 10.0 Å². The molecule has 0 aliphatic carbocycles. The van der Waals surface area contributed by atoms with Crippen molar-refractivity contribution in [3.05, 3.63) is 50.2 Å². The monoisotopic (exact) mass is 254 g/mol. The molecular formula is C11H8Cl2N2O. The molecule has 2 rings (SSSR count). The average Bonchev–Trinajstić information content (AvgIpc) is 2.19. The van der Waals surface area contributed by atoms with Crippen molar-refractivity contribution < 1.29 is 0 Å². The summed E-state index contributed by atoms with van der Waals surface area (Å²) in [6.07, 6.45) is 0. The molecule has 0 unspecified atom stereocenters. The van der Waals surface area contributed by atoms with Crippen LogP contribution in [0.1, 0.15) is 5.56 Å². The Bertz CT molecular complexity index is 549. The smallest absolute Gasteiger partial charge is 0.264 e. The first-order valence-electron chi connectivity index (χ1n) is 4.59. The van der Waals surface area contributed by atoms with Gasteiger partial charge in [-0.15, -0.1) is 0 Å². The minimum Gasteiger partial charge on any atom is -0.268 e. The van der Waals surface area contributed by atoms with E-state index in [1.807, 2.05) is 6.92 Å². The third-order valence-electron chi connectivity index (χ3n) is 2.12. The molecule has 0 saturated heterocycles. The van der Waals surface area contributed by atoms with Gasteiger partial charge in [-0.05, 0) is 30.7 Å². The van der Waals surface area contributed by atoms with E-state index in [1.54, 1.807) is 18.2 Å². The number of aromatic amines is 1. The van der Waals surface area contributed by atoms with Crippen LogP contribution < -0.4 is 5.56 Å². The van der Waals surface area contributed by atoms with E-state index in [1.165, 1.54) is 6.07 Å². The summed E-state index contributed by atoms with van der Waals surface area (Å²) in [5.41, 5.74) is 1.89. The number of H-pyrrole nitrogens is 1. The molecule has 5 heteroatoms. The molecule has 1 aromatic heterocycles. The predicted octanol–water partition coefficient (Wildman–Crippen LogP) is 3.05. The quantitative estimate of drug-likeness (QED) is 0.851. The van der Waals surface area contributed by atoms with Crippen molar-refractivity contribution in [2.45, 2.75) is 6.92 Å². The van der Waals surface area contributed by atoms with Crippen molar-refractivity contribution in [1.82, 2.24) is 10.2 Å². The van der Waals surface area contributed by atoms with Gasteiger partial charge in [-0.2, -0.15) is 5.10 Å². The molecule has 0 fully saturated rings. The summed E-state index contributed by atoms with van der Waals surface area (Å²) < 4.78 is 0. The molecule has 0 spiro atoms. The molecule has 0 aliphatic rings. The highest BCUT2D eigenvalue weighted by molar-refractivity contribution is 6.39. The molecule has 0 amide bonds. The first kappa shape index (κ1) is 11.2. The summed E-state index contributed by atoms with van der Waals surface area (Å²) in [4.78, 5) is 10.9. The van der Waals surface area contributed by atoms with Crippen molar-refractivity contribution >= 4 is 23.2 Å². The first-order chi connectivity index (χ1) is 7.58. The van der Waals surface area contributed by atoms with Crippen molar-refractivity contribution in [2.75, 3.05) is 0 Å². The number of benzene rings is 1. The van der Waals surface area contributed by atoms with Gasteiger partial charge in [0.1, 0.15) is 0 Å². The second-order valence-electron chi connectivity index (χ2n) is 3.41. The lowest BCUT2D eigenvalue weighted by Gasteiger charge is -2.06. The van der Waals surface area contributed by atoms with Crippen LogP contribution in [0.3, 0.4) is 0 Å². The molecule has 0 aliphatic heterocycles. The van der Waals surface area contributed by atoms with Gasteiger partial charge in [-0.1, -0.05) is 23.2 Å². The lowest BCUT2D eigenvalue weighted by molar-refractivity contribution is 0.995. The van der Waals surface area contributed by atoms with E-state index in [-0.39, 0.29) is 5.56 Å². The van der Waals surface area contributed by atoms with Gasteiger partial charge in [-0.25, -0.2) is 5.10 Å². The molecule has 3 nitrogen and oxygen atoms in total. The van der Waals surface area contributed by atoms with Gasteiger partial charge in [0.15, 0.2) is 0 Å². The number of nitrogens with one attached hydrogen (secondary N) is 1. The molecule has 1 heterocycles. The summed E-state index contributed by atoms with van der Waals surface area (Å²) in [5, 5.41) is 7.27. The van der Waals surface area contributed by atoms with E-state index in [4.69, 9.17) is 23.2 Å². The van der Waals surface area contributed by atoms with Gasteiger partial charge in [0.25, 0.3) is 5.56 Å². The number of halogens is 2. The molecule has 0 atom stereocenters. The number of rotatable bonds is 1. The molecule has 82 valence electrons. The van der Waals surface area contributed by atoms with Gasteiger partial charge in [-0.3, -0.25) is 4.79 Å². The maximum absolute atomic E-state index is 10.9. The van der Waals surface area contributed by atoms with Gasteiger partial charge in [0.2, 0.25) is 0 Å². The van der Waals surface area contributed by atoms with E-state index in [9.17, 15) is 4.79 Å². The van der Waals surface area contributed by atoms with Gasteiger partial charge in [0.05, 0.1) is 15.7 Å². The Labute approximate surface area is 102 Å². The van der Waals surface area contributed by atoms with Crippen LogP contribution in [-0.2, 0) is 0 Å². The van der Waals surface area contributed by atoms with Crippen LogP contribution in [0.15, 0.2) is 29.1 Å². The van der Waals surface area contributed by atoms with Crippen molar-refractivity contribution in [2.24, 2.45) is 0 Å². The Hall–Kier alpha value is -1.32. The van der Waals surface area contributed by atoms with Crippen molar-refractivity contribution in [3.8, 4) is 11.3 Å². The standard InChI is InChI=1S/C11H8Cl2N2O/c1-6-4-7(12)11(8(13)5-6)9-2-3-10(16)15-14-9/h2-5H,1H3,(H,15,16). The number of hydrogen-bond donors (Lipinski definition) is 1. The highest BCUT2D eigenvalue weighted by Crippen LogP contribution is 2.33. The minimum atomic E-state index is -0.261. The molecule has 16 heavy (non-hydrogen) atoms. The fraction of sp³-hybridized carbons (Fsp3) is 0.0909. The second kappa shape index (κ2) is 4.28. The highest BCUT2D eigenvalue weighted by atomic mass is 35.5. The maximum atomic E-state index is 10.9. The van der Waals surface area contributed by atoms with Crippen LogP contribution in [0.25, 0.3) is 11.3 Å². The molecule has 1 N–H and O–H groups in total. The maximum Gasteiger partial charge on any atom is 0.264 e. The van der Waals surface area contributed by atoms with E-state index in [0.29, 0.717) is 21.3 Å². The van der Waals surface area contributed by atoms with Crippen LogP contribution in [0.5, 0.6) is 0 Å². The minimum absolute atomic E-state index is 0.261. The summed E-state index contributed by atoms with van der Waals surface area (Å²) in [6.45, 7) is 1.90. The normalized spacial score (nSPS) is 10.4. The number of hydrogen-bond acceptors (Lipinski definition) is 2. The van der Waals surface area contributed by atoms with E-state index in [0.717, 1.165) is 5.56 Å². The topological polar surface area (TPSA) is 45.8 Å². The predicted molar refractivity (Wildman–Crippen MR) is 65.1 cm³/mol. The number of aromatic nitrogens is 2. The van der Waals surface area contributed by atoms with Gasteiger partial charge < -0.3 is 0 Å². The Morgan fingerprint density at radius 2 is 1.81 bits per heavy atom. The zero-order chi connectivity index (χ0) is 11.7. The second-order valence-corrected chi connectivity index (χ2v) is 4.22. The van der Waals surface area contributed by atoms with Crippen molar-refractivity contribution in [3.63, 3.8) is 0 Å². The summed E-state index contributed by atoms with van der Waals surface area (Å²) in [6, 6.07) is 6.57. The average molecular weight is 255 g/mol.